The van der Waals surface area contributed by atoms with Crippen molar-refractivity contribution < 1.29 is 0 Å². The van der Waals surface area contributed by atoms with Crippen LogP contribution in [0.1, 0.15) is 36.5 Å². The Morgan fingerprint density at radius 1 is 1.00 bits per heavy atom. The lowest BCUT2D eigenvalue weighted by atomic mass is 9.98. The predicted molar refractivity (Wildman–Crippen MR) is 85.3 cm³/mol. The van der Waals surface area contributed by atoms with Crippen LogP contribution in [0.3, 0.4) is 0 Å². The standard InChI is InChI=1S/C19H22/c1-4-6-7-16-8-10-18(11-9-16)19-13-12-17(5-2)15(3)14-19/h5,8-14H,2,4,6-7H2,1,3H3. The molecule has 0 heterocycles. The first-order chi connectivity index (χ1) is 9.24. The predicted octanol–water partition coefficient (Wildman–Crippen LogP) is 5.65. The summed E-state index contributed by atoms with van der Waals surface area (Å²) in [5.41, 5.74) is 6.50. The number of unbranched alkanes of at least 4 members (excludes halogenated alkanes) is 1. The first-order valence-corrected chi connectivity index (χ1v) is 7.07. The van der Waals surface area contributed by atoms with Gasteiger partial charge in [-0.3, -0.25) is 0 Å². The third kappa shape index (κ3) is 3.35. The van der Waals surface area contributed by atoms with Gasteiger partial charge < -0.3 is 0 Å². The topological polar surface area (TPSA) is 0 Å². The maximum Gasteiger partial charge on any atom is -0.0181 e. The van der Waals surface area contributed by atoms with Crippen molar-refractivity contribution >= 4 is 6.08 Å². The van der Waals surface area contributed by atoms with Gasteiger partial charge in [-0.1, -0.05) is 68.5 Å². The second-order valence-electron chi connectivity index (χ2n) is 5.08. The molecule has 0 aliphatic rings. The average molecular weight is 250 g/mol. The fourth-order valence-electron chi connectivity index (χ4n) is 2.33. The smallest absolute Gasteiger partial charge is 0.0181 e. The van der Waals surface area contributed by atoms with Crippen LogP contribution in [0.15, 0.2) is 49.0 Å². The van der Waals surface area contributed by atoms with Gasteiger partial charge in [0.1, 0.15) is 0 Å². The molecule has 0 bridgehead atoms. The SMILES string of the molecule is C=Cc1ccc(-c2ccc(CCCC)cc2)cc1C. The van der Waals surface area contributed by atoms with Crippen molar-refractivity contribution in [1.82, 2.24) is 0 Å². The Hall–Kier alpha value is -1.82. The molecule has 0 nitrogen and oxygen atoms in total. The molecular weight excluding hydrogens is 228 g/mol. The van der Waals surface area contributed by atoms with Crippen molar-refractivity contribution in [2.24, 2.45) is 0 Å². The van der Waals surface area contributed by atoms with Crippen LogP contribution in [-0.4, -0.2) is 0 Å². The van der Waals surface area contributed by atoms with Gasteiger partial charge in [-0.15, -0.1) is 0 Å². The Bertz CT molecular complexity index is 547. The second-order valence-corrected chi connectivity index (χ2v) is 5.08. The zero-order chi connectivity index (χ0) is 13.7. The number of rotatable bonds is 5. The van der Waals surface area contributed by atoms with Crippen molar-refractivity contribution in [3.63, 3.8) is 0 Å². The maximum absolute atomic E-state index is 3.83. The van der Waals surface area contributed by atoms with Gasteiger partial charge in [0.15, 0.2) is 0 Å². The summed E-state index contributed by atoms with van der Waals surface area (Å²) in [5, 5.41) is 0. The van der Waals surface area contributed by atoms with Crippen LogP contribution in [0.4, 0.5) is 0 Å². The molecule has 0 fully saturated rings. The molecule has 0 saturated carbocycles. The highest BCUT2D eigenvalue weighted by Crippen LogP contribution is 2.23. The monoisotopic (exact) mass is 250 g/mol. The maximum atomic E-state index is 3.83. The van der Waals surface area contributed by atoms with Gasteiger partial charge in [0.2, 0.25) is 0 Å². The van der Waals surface area contributed by atoms with Crippen molar-refractivity contribution in [2.75, 3.05) is 0 Å². The molecule has 0 spiro atoms. The Morgan fingerprint density at radius 2 is 1.68 bits per heavy atom. The molecule has 0 atom stereocenters. The van der Waals surface area contributed by atoms with Gasteiger partial charge in [0.05, 0.1) is 0 Å². The van der Waals surface area contributed by atoms with Gasteiger partial charge >= 0.3 is 0 Å². The highest BCUT2D eigenvalue weighted by molar-refractivity contribution is 5.67. The zero-order valence-electron chi connectivity index (χ0n) is 11.9. The van der Waals surface area contributed by atoms with Crippen LogP contribution in [0.2, 0.25) is 0 Å². The molecule has 0 saturated heterocycles. The minimum absolute atomic E-state index is 1.19. The summed E-state index contributed by atoms with van der Waals surface area (Å²) >= 11 is 0. The summed E-state index contributed by atoms with van der Waals surface area (Å²) in [4.78, 5) is 0. The number of aryl methyl sites for hydroxylation is 2. The van der Waals surface area contributed by atoms with Crippen molar-refractivity contribution in [3.05, 3.63) is 65.7 Å². The lowest BCUT2D eigenvalue weighted by molar-refractivity contribution is 0.795. The molecule has 98 valence electrons. The van der Waals surface area contributed by atoms with Crippen LogP contribution in [0.5, 0.6) is 0 Å². The van der Waals surface area contributed by atoms with E-state index in [1.807, 2.05) is 6.08 Å². The minimum atomic E-state index is 1.19. The molecule has 0 radical (unpaired) electrons. The highest BCUT2D eigenvalue weighted by atomic mass is 14.1. The van der Waals surface area contributed by atoms with Crippen LogP contribution in [0.25, 0.3) is 17.2 Å². The zero-order valence-corrected chi connectivity index (χ0v) is 11.9. The molecule has 2 rings (SSSR count). The van der Waals surface area contributed by atoms with E-state index < -0.39 is 0 Å². The quantitative estimate of drug-likeness (QED) is 0.643. The average Bonchev–Trinajstić information content (AvgIpc) is 2.45. The fourth-order valence-corrected chi connectivity index (χ4v) is 2.33. The van der Waals surface area contributed by atoms with Gasteiger partial charge in [-0.05, 0) is 47.6 Å². The summed E-state index contributed by atoms with van der Waals surface area (Å²) in [6, 6.07) is 15.5. The molecule has 0 amide bonds. The van der Waals surface area contributed by atoms with Crippen molar-refractivity contribution in [1.29, 1.82) is 0 Å². The van der Waals surface area contributed by atoms with Crippen LogP contribution >= 0.6 is 0 Å². The van der Waals surface area contributed by atoms with E-state index in [1.54, 1.807) is 0 Å². The normalized spacial score (nSPS) is 10.4. The summed E-state index contributed by atoms with van der Waals surface area (Å²) in [6.07, 6.45) is 5.62. The Morgan fingerprint density at radius 3 is 2.26 bits per heavy atom. The lowest BCUT2D eigenvalue weighted by Gasteiger charge is -2.07. The second kappa shape index (κ2) is 6.38. The molecule has 0 heteroatoms. The molecule has 19 heavy (non-hydrogen) atoms. The fraction of sp³-hybridized carbons (Fsp3) is 0.263. The van der Waals surface area contributed by atoms with Crippen LogP contribution < -0.4 is 0 Å². The first kappa shape index (κ1) is 13.6. The van der Waals surface area contributed by atoms with E-state index in [9.17, 15) is 0 Å². The minimum Gasteiger partial charge on any atom is -0.0985 e. The number of benzene rings is 2. The Labute approximate surface area is 116 Å². The molecule has 2 aromatic rings. The van der Waals surface area contributed by atoms with Gasteiger partial charge in [0.25, 0.3) is 0 Å². The van der Waals surface area contributed by atoms with Gasteiger partial charge in [-0.2, -0.15) is 0 Å². The molecule has 0 aliphatic carbocycles. The van der Waals surface area contributed by atoms with Crippen molar-refractivity contribution in [3.8, 4) is 11.1 Å². The van der Waals surface area contributed by atoms with E-state index >= 15 is 0 Å². The highest BCUT2D eigenvalue weighted by Gasteiger charge is 2.01. The third-order valence-electron chi connectivity index (χ3n) is 3.60. The van der Waals surface area contributed by atoms with Gasteiger partial charge in [0, 0.05) is 0 Å². The molecule has 2 aromatic carbocycles. The molecular formula is C19H22. The third-order valence-corrected chi connectivity index (χ3v) is 3.60. The summed E-state index contributed by atoms with van der Waals surface area (Å²) < 4.78 is 0. The van der Waals surface area contributed by atoms with E-state index in [-0.39, 0.29) is 0 Å². The summed E-state index contributed by atoms with van der Waals surface area (Å²) in [7, 11) is 0. The van der Waals surface area contributed by atoms with E-state index in [4.69, 9.17) is 0 Å². The van der Waals surface area contributed by atoms with E-state index in [2.05, 4.69) is 62.9 Å². The van der Waals surface area contributed by atoms with Crippen LogP contribution in [0, 0.1) is 6.92 Å². The van der Waals surface area contributed by atoms with E-state index in [0.717, 1.165) is 0 Å². The molecule has 0 N–H and O–H groups in total. The van der Waals surface area contributed by atoms with Crippen LogP contribution in [-0.2, 0) is 6.42 Å². The lowest BCUT2D eigenvalue weighted by Crippen LogP contribution is -1.86. The molecule has 0 aliphatic heterocycles. The molecule has 0 unspecified atom stereocenters. The largest absolute Gasteiger partial charge is 0.0985 e. The molecule has 0 aromatic heterocycles. The summed E-state index contributed by atoms with van der Waals surface area (Å²) in [6.45, 7) is 8.20. The van der Waals surface area contributed by atoms with E-state index in [0.29, 0.717) is 0 Å². The summed E-state index contributed by atoms with van der Waals surface area (Å²) in [5.74, 6) is 0. The van der Waals surface area contributed by atoms with Crippen molar-refractivity contribution in [2.45, 2.75) is 33.1 Å². The first-order valence-electron chi connectivity index (χ1n) is 7.07. The number of hydrogen-bond donors (Lipinski definition) is 0. The Balaban J connectivity index is 2.22. The Kier molecular flexibility index (Phi) is 4.57. The van der Waals surface area contributed by atoms with E-state index in [1.165, 1.54) is 47.1 Å². The van der Waals surface area contributed by atoms with Gasteiger partial charge in [-0.25, -0.2) is 0 Å². The number of hydrogen-bond acceptors (Lipinski definition) is 0.